The lowest BCUT2D eigenvalue weighted by molar-refractivity contribution is -0.122. The Kier molecular flexibility index (Phi) is 1.48. The molecule has 1 amide bonds. The smallest absolute Gasteiger partial charge is 0.243 e. The van der Waals surface area contributed by atoms with E-state index in [-0.39, 0.29) is 11.8 Å². The van der Waals surface area contributed by atoms with Crippen LogP contribution in [0.2, 0.25) is 0 Å². The number of rotatable bonds is 1. The van der Waals surface area contributed by atoms with Gasteiger partial charge >= 0.3 is 0 Å². The van der Waals surface area contributed by atoms with Crippen LogP contribution in [0.25, 0.3) is 0 Å². The fraction of sp³-hybridized carbons (Fsp3) is 0.273. The van der Waals surface area contributed by atoms with Crippen molar-refractivity contribution in [3.05, 3.63) is 35.9 Å². The van der Waals surface area contributed by atoms with E-state index in [0.29, 0.717) is 5.92 Å². The normalized spacial score (nSPS) is 28.9. The lowest BCUT2D eigenvalue weighted by atomic mass is 10.0. The van der Waals surface area contributed by atoms with Gasteiger partial charge in [-0.2, -0.15) is 5.10 Å². The van der Waals surface area contributed by atoms with Crippen LogP contribution in [0.5, 0.6) is 0 Å². The van der Waals surface area contributed by atoms with Gasteiger partial charge in [0.1, 0.15) is 0 Å². The quantitative estimate of drug-likeness (QED) is 0.702. The summed E-state index contributed by atoms with van der Waals surface area (Å²) in [7, 11) is 0. The largest absolute Gasteiger partial charge is 0.273 e. The predicted molar refractivity (Wildman–Crippen MR) is 52.7 cm³/mol. The first kappa shape index (κ1) is 7.74. The lowest BCUT2D eigenvalue weighted by Crippen LogP contribution is -2.28. The van der Waals surface area contributed by atoms with Crippen LogP contribution in [0.3, 0.4) is 0 Å². The van der Waals surface area contributed by atoms with E-state index in [1.54, 1.807) is 0 Å². The average Bonchev–Trinajstić information content (AvgIpc) is 3.00. The first-order valence-corrected chi connectivity index (χ1v) is 4.79. The highest BCUT2D eigenvalue weighted by Gasteiger charge is 2.49. The summed E-state index contributed by atoms with van der Waals surface area (Å²) in [5.41, 5.74) is 4.73. The Hall–Kier alpha value is -1.64. The molecule has 1 N–H and O–H groups in total. The number of hydrogen-bond acceptors (Lipinski definition) is 2. The van der Waals surface area contributed by atoms with Crippen LogP contribution in [0, 0.1) is 11.8 Å². The molecule has 1 fully saturated rings. The first-order chi connectivity index (χ1) is 6.86. The van der Waals surface area contributed by atoms with Crippen LogP contribution in [0.15, 0.2) is 35.4 Å². The molecule has 0 spiro atoms. The lowest BCUT2D eigenvalue weighted by Gasteiger charge is -2.10. The summed E-state index contributed by atoms with van der Waals surface area (Å²) < 4.78 is 0. The van der Waals surface area contributed by atoms with Crippen molar-refractivity contribution in [1.82, 2.24) is 5.43 Å². The standard InChI is InChI=1S/C11H10N2O/c14-11-9-6-8(9)10(12-13-11)7-4-2-1-3-5-7/h1-5,8-9H,6H2,(H,13,14)/t8-,9-/m0/s1. The van der Waals surface area contributed by atoms with Gasteiger partial charge in [-0.25, -0.2) is 5.43 Å². The van der Waals surface area contributed by atoms with Crippen molar-refractivity contribution in [2.75, 3.05) is 0 Å². The third-order valence-electron chi connectivity index (χ3n) is 2.83. The topological polar surface area (TPSA) is 41.5 Å². The van der Waals surface area contributed by atoms with E-state index in [4.69, 9.17) is 0 Å². The monoisotopic (exact) mass is 186 g/mol. The Morgan fingerprint density at radius 3 is 2.79 bits per heavy atom. The van der Waals surface area contributed by atoms with Crippen molar-refractivity contribution in [3.63, 3.8) is 0 Å². The molecule has 2 aliphatic rings. The SMILES string of the molecule is O=C1NN=C(c2ccccc2)[C@H]2C[C@H]12. The number of nitrogens with zero attached hydrogens (tertiary/aromatic N) is 1. The number of fused-ring (bicyclic) bond motifs is 1. The molecule has 1 aliphatic heterocycles. The molecule has 0 radical (unpaired) electrons. The fourth-order valence-electron chi connectivity index (χ4n) is 1.96. The van der Waals surface area contributed by atoms with Crippen LogP contribution in [0.4, 0.5) is 0 Å². The Labute approximate surface area is 81.8 Å². The number of carbonyl (C=O) groups excluding carboxylic acids is 1. The van der Waals surface area contributed by atoms with Gasteiger partial charge in [0.25, 0.3) is 0 Å². The molecule has 1 aromatic rings. The molecule has 3 rings (SSSR count). The Balaban J connectivity index is 1.97. The first-order valence-electron chi connectivity index (χ1n) is 4.79. The van der Waals surface area contributed by atoms with Gasteiger partial charge in [-0.1, -0.05) is 30.3 Å². The molecular formula is C11H10N2O. The minimum atomic E-state index is 0.0784. The van der Waals surface area contributed by atoms with Gasteiger partial charge in [-0.15, -0.1) is 0 Å². The molecule has 1 heterocycles. The predicted octanol–water partition coefficient (Wildman–Crippen LogP) is 1.16. The molecule has 1 aromatic carbocycles. The van der Waals surface area contributed by atoms with Crippen molar-refractivity contribution in [3.8, 4) is 0 Å². The molecule has 0 unspecified atom stereocenters. The van der Waals surface area contributed by atoms with Gasteiger partial charge in [0, 0.05) is 11.8 Å². The van der Waals surface area contributed by atoms with Crippen molar-refractivity contribution in [2.45, 2.75) is 6.42 Å². The highest BCUT2D eigenvalue weighted by molar-refractivity contribution is 6.09. The molecule has 0 aromatic heterocycles. The second kappa shape index (κ2) is 2.67. The van der Waals surface area contributed by atoms with Crippen molar-refractivity contribution < 1.29 is 4.79 Å². The molecule has 0 bridgehead atoms. The summed E-state index contributed by atoms with van der Waals surface area (Å²) in [4.78, 5) is 11.2. The second-order valence-corrected chi connectivity index (χ2v) is 3.79. The third-order valence-corrected chi connectivity index (χ3v) is 2.83. The van der Waals surface area contributed by atoms with Crippen molar-refractivity contribution in [2.24, 2.45) is 16.9 Å². The number of benzene rings is 1. The maximum Gasteiger partial charge on any atom is 0.243 e. The molecule has 3 nitrogen and oxygen atoms in total. The zero-order valence-electron chi connectivity index (χ0n) is 7.60. The fourth-order valence-corrected chi connectivity index (χ4v) is 1.96. The summed E-state index contributed by atoms with van der Waals surface area (Å²) in [5.74, 6) is 0.628. The summed E-state index contributed by atoms with van der Waals surface area (Å²) in [5, 5.41) is 4.12. The van der Waals surface area contributed by atoms with Gasteiger partial charge in [0.2, 0.25) is 5.91 Å². The molecule has 2 atom stereocenters. The van der Waals surface area contributed by atoms with Crippen LogP contribution >= 0.6 is 0 Å². The van der Waals surface area contributed by atoms with Gasteiger partial charge in [-0.05, 0) is 12.0 Å². The highest BCUT2D eigenvalue weighted by atomic mass is 16.2. The van der Waals surface area contributed by atoms with E-state index in [1.807, 2.05) is 30.3 Å². The number of hydrazone groups is 1. The zero-order chi connectivity index (χ0) is 9.54. The molecule has 3 heteroatoms. The number of carbonyl (C=O) groups is 1. The molecule has 70 valence electrons. The van der Waals surface area contributed by atoms with E-state index in [1.165, 1.54) is 0 Å². The van der Waals surface area contributed by atoms with Crippen LogP contribution in [-0.4, -0.2) is 11.6 Å². The van der Waals surface area contributed by atoms with Gasteiger partial charge in [0.05, 0.1) is 5.71 Å². The van der Waals surface area contributed by atoms with E-state index >= 15 is 0 Å². The summed E-state index contributed by atoms with van der Waals surface area (Å²) in [6, 6.07) is 10.0. The van der Waals surface area contributed by atoms with E-state index < -0.39 is 0 Å². The van der Waals surface area contributed by atoms with E-state index in [2.05, 4.69) is 10.5 Å². The van der Waals surface area contributed by atoms with Crippen LogP contribution in [-0.2, 0) is 4.79 Å². The highest BCUT2D eigenvalue weighted by Crippen LogP contribution is 2.43. The maximum absolute atomic E-state index is 11.2. The summed E-state index contributed by atoms with van der Waals surface area (Å²) in [6.45, 7) is 0. The maximum atomic E-state index is 11.2. The molecular weight excluding hydrogens is 176 g/mol. The van der Waals surface area contributed by atoms with Gasteiger partial charge < -0.3 is 0 Å². The second-order valence-electron chi connectivity index (χ2n) is 3.79. The van der Waals surface area contributed by atoms with E-state index in [0.717, 1.165) is 17.7 Å². The Bertz CT molecular complexity index is 411. The zero-order valence-corrected chi connectivity index (χ0v) is 7.60. The minimum Gasteiger partial charge on any atom is -0.273 e. The van der Waals surface area contributed by atoms with E-state index in [9.17, 15) is 4.79 Å². The molecule has 0 saturated heterocycles. The van der Waals surface area contributed by atoms with Gasteiger partial charge in [-0.3, -0.25) is 4.79 Å². The summed E-state index contributed by atoms with van der Waals surface area (Å²) in [6.07, 6.45) is 0.958. The number of hydrogen-bond donors (Lipinski definition) is 1. The van der Waals surface area contributed by atoms with Crippen molar-refractivity contribution >= 4 is 11.6 Å². The number of amides is 1. The molecule has 14 heavy (non-hydrogen) atoms. The molecule has 1 saturated carbocycles. The minimum absolute atomic E-state index is 0.0784. The van der Waals surface area contributed by atoms with Gasteiger partial charge in [0.15, 0.2) is 0 Å². The Morgan fingerprint density at radius 2 is 2.00 bits per heavy atom. The Morgan fingerprint density at radius 1 is 1.21 bits per heavy atom. The average molecular weight is 186 g/mol. The van der Waals surface area contributed by atoms with Crippen LogP contribution < -0.4 is 5.43 Å². The summed E-state index contributed by atoms with van der Waals surface area (Å²) >= 11 is 0. The third kappa shape index (κ3) is 1.05. The molecule has 1 aliphatic carbocycles. The van der Waals surface area contributed by atoms with Crippen molar-refractivity contribution in [1.29, 1.82) is 0 Å². The number of nitrogens with one attached hydrogen (secondary N) is 1. The van der Waals surface area contributed by atoms with Crippen LogP contribution in [0.1, 0.15) is 12.0 Å².